The van der Waals surface area contributed by atoms with E-state index in [1.807, 2.05) is 66.7 Å². The first-order valence-corrected chi connectivity index (χ1v) is 8.27. The van der Waals surface area contributed by atoms with Gasteiger partial charge in [-0.1, -0.05) is 36.4 Å². The predicted octanol–water partition coefficient (Wildman–Crippen LogP) is 5.21. The Kier molecular flexibility index (Phi) is 4.15. The van der Waals surface area contributed by atoms with Crippen molar-refractivity contribution in [2.75, 3.05) is 12.4 Å². The highest BCUT2D eigenvalue weighted by atomic mass is 16.5. The number of anilines is 2. The van der Waals surface area contributed by atoms with Crippen molar-refractivity contribution >= 4 is 22.3 Å². The lowest BCUT2D eigenvalue weighted by molar-refractivity contribution is 0.415. The van der Waals surface area contributed by atoms with Crippen LogP contribution in [0.1, 0.15) is 0 Å². The maximum absolute atomic E-state index is 12.6. The summed E-state index contributed by atoms with van der Waals surface area (Å²) in [5, 5.41) is 3.82. The zero-order valence-corrected chi connectivity index (χ0v) is 14.2. The molecule has 1 aromatic heterocycles. The molecule has 4 aromatic rings. The van der Waals surface area contributed by atoms with Crippen LogP contribution in [0, 0.1) is 0 Å². The number of ether oxygens (including phenoxy) is 1. The van der Waals surface area contributed by atoms with Gasteiger partial charge in [0, 0.05) is 29.1 Å². The Bertz CT molecular complexity index is 1120. The standard InChI is InChI=1S/C22H17NO3/c1-25-18-9-5-8-16(12-18)23-17-10-11-21-19(13-17)20(24)14-22(26-21)15-6-3-2-4-7-15/h2-14,23H,1H3. The molecule has 4 rings (SSSR count). The highest BCUT2D eigenvalue weighted by Gasteiger charge is 2.08. The van der Waals surface area contributed by atoms with Crippen LogP contribution in [0.3, 0.4) is 0 Å². The second-order valence-electron chi connectivity index (χ2n) is 5.91. The van der Waals surface area contributed by atoms with E-state index in [1.54, 1.807) is 13.2 Å². The fourth-order valence-electron chi connectivity index (χ4n) is 2.85. The second-order valence-corrected chi connectivity index (χ2v) is 5.91. The number of rotatable bonds is 4. The van der Waals surface area contributed by atoms with Crippen LogP contribution in [-0.4, -0.2) is 7.11 Å². The van der Waals surface area contributed by atoms with E-state index in [-0.39, 0.29) is 5.43 Å². The van der Waals surface area contributed by atoms with Gasteiger partial charge in [0.2, 0.25) is 0 Å². The number of nitrogens with one attached hydrogen (secondary N) is 1. The lowest BCUT2D eigenvalue weighted by Gasteiger charge is -2.09. The molecule has 1 heterocycles. The third kappa shape index (κ3) is 3.17. The van der Waals surface area contributed by atoms with E-state index in [1.165, 1.54) is 6.07 Å². The molecular formula is C22H17NO3. The van der Waals surface area contributed by atoms with Crippen molar-refractivity contribution < 1.29 is 9.15 Å². The molecule has 0 atom stereocenters. The highest BCUT2D eigenvalue weighted by molar-refractivity contribution is 5.83. The van der Waals surface area contributed by atoms with E-state index in [0.29, 0.717) is 16.7 Å². The number of benzene rings is 3. The first kappa shape index (κ1) is 16.0. The van der Waals surface area contributed by atoms with Gasteiger partial charge >= 0.3 is 0 Å². The lowest BCUT2D eigenvalue weighted by atomic mass is 10.1. The van der Waals surface area contributed by atoms with Gasteiger partial charge in [-0.25, -0.2) is 0 Å². The SMILES string of the molecule is COc1cccc(Nc2ccc3oc(-c4ccccc4)cc(=O)c3c2)c1. The number of hydrogen-bond acceptors (Lipinski definition) is 4. The molecule has 0 aliphatic rings. The van der Waals surface area contributed by atoms with Gasteiger partial charge in [-0.15, -0.1) is 0 Å². The van der Waals surface area contributed by atoms with Crippen molar-refractivity contribution in [1.82, 2.24) is 0 Å². The molecule has 1 N–H and O–H groups in total. The molecule has 0 bridgehead atoms. The lowest BCUT2D eigenvalue weighted by Crippen LogP contribution is -2.01. The van der Waals surface area contributed by atoms with Crippen LogP contribution in [-0.2, 0) is 0 Å². The first-order chi connectivity index (χ1) is 12.7. The average molecular weight is 343 g/mol. The largest absolute Gasteiger partial charge is 0.497 e. The van der Waals surface area contributed by atoms with Gasteiger partial charge in [0.1, 0.15) is 17.1 Å². The van der Waals surface area contributed by atoms with E-state index in [0.717, 1.165) is 22.7 Å². The maximum Gasteiger partial charge on any atom is 0.193 e. The maximum atomic E-state index is 12.6. The van der Waals surface area contributed by atoms with Crippen LogP contribution in [0.25, 0.3) is 22.3 Å². The van der Waals surface area contributed by atoms with Crippen LogP contribution in [0.2, 0.25) is 0 Å². The Hall–Kier alpha value is -3.53. The van der Waals surface area contributed by atoms with Gasteiger partial charge in [0.25, 0.3) is 0 Å². The molecule has 0 saturated carbocycles. The summed E-state index contributed by atoms with van der Waals surface area (Å²) in [6.07, 6.45) is 0. The zero-order chi connectivity index (χ0) is 17.9. The summed E-state index contributed by atoms with van der Waals surface area (Å²) in [4.78, 5) is 12.6. The molecular weight excluding hydrogens is 326 g/mol. The molecule has 0 radical (unpaired) electrons. The van der Waals surface area contributed by atoms with Crippen molar-refractivity contribution in [3.63, 3.8) is 0 Å². The van der Waals surface area contributed by atoms with Crippen LogP contribution in [0.4, 0.5) is 11.4 Å². The van der Waals surface area contributed by atoms with Crippen molar-refractivity contribution in [3.05, 3.63) is 89.1 Å². The minimum Gasteiger partial charge on any atom is -0.497 e. The Morgan fingerprint density at radius 2 is 1.65 bits per heavy atom. The quantitative estimate of drug-likeness (QED) is 0.552. The Labute approximate surface area is 150 Å². The smallest absolute Gasteiger partial charge is 0.193 e. The van der Waals surface area contributed by atoms with Gasteiger partial charge in [-0.05, 0) is 30.3 Å². The third-order valence-corrected chi connectivity index (χ3v) is 4.14. The molecule has 0 aliphatic heterocycles. The topological polar surface area (TPSA) is 51.5 Å². The zero-order valence-electron chi connectivity index (χ0n) is 14.2. The summed E-state index contributed by atoms with van der Waals surface area (Å²) in [7, 11) is 1.63. The van der Waals surface area contributed by atoms with E-state index >= 15 is 0 Å². The van der Waals surface area contributed by atoms with Gasteiger partial charge in [0.05, 0.1) is 12.5 Å². The summed E-state index contributed by atoms with van der Waals surface area (Å²) >= 11 is 0. The molecule has 4 nitrogen and oxygen atoms in total. The van der Waals surface area contributed by atoms with Gasteiger partial charge in [-0.2, -0.15) is 0 Å². The van der Waals surface area contributed by atoms with Crippen LogP contribution in [0.15, 0.2) is 88.1 Å². The third-order valence-electron chi connectivity index (χ3n) is 4.14. The average Bonchev–Trinajstić information content (AvgIpc) is 2.69. The van der Waals surface area contributed by atoms with Crippen molar-refractivity contribution in [2.45, 2.75) is 0 Å². The fraction of sp³-hybridized carbons (Fsp3) is 0.0455. The van der Waals surface area contributed by atoms with Crippen molar-refractivity contribution in [2.24, 2.45) is 0 Å². The number of methoxy groups -OCH3 is 1. The Morgan fingerprint density at radius 1 is 0.846 bits per heavy atom. The summed E-state index contributed by atoms with van der Waals surface area (Å²) < 4.78 is 11.2. The van der Waals surface area contributed by atoms with Crippen LogP contribution in [0.5, 0.6) is 5.75 Å². The molecule has 0 amide bonds. The molecule has 0 saturated heterocycles. The molecule has 26 heavy (non-hydrogen) atoms. The summed E-state index contributed by atoms with van der Waals surface area (Å²) in [6.45, 7) is 0. The van der Waals surface area contributed by atoms with Crippen LogP contribution >= 0.6 is 0 Å². The Morgan fingerprint density at radius 3 is 2.46 bits per heavy atom. The molecule has 0 fully saturated rings. The minimum absolute atomic E-state index is 0.0700. The second kappa shape index (κ2) is 6.76. The summed E-state index contributed by atoms with van der Waals surface area (Å²) in [6, 6.07) is 24.3. The number of fused-ring (bicyclic) bond motifs is 1. The molecule has 0 aliphatic carbocycles. The number of hydrogen-bond donors (Lipinski definition) is 1. The molecule has 3 aromatic carbocycles. The summed E-state index contributed by atoms with van der Waals surface area (Å²) in [5.74, 6) is 1.33. The van der Waals surface area contributed by atoms with Crippen molar-refractivity contribution in [1.29, 1.82) is 0 Å². The van der Waals surface area contributed by atoms with E-state index in [9.17, 15) is 4.79 Å². The van der Waals surface area contributed by atoms with E-state index in [4.69, 9.17) is 9.15 Å². The van der Waals surface area contributed by atoms with Crippen molar-refractivity contribution in [3.8, 4) is 17.1 Å². The molecule has 128 valence electrons. The highest BCUT2D eigenvalue weighted by Crippen LogP contribution is 2.26. The van der Waals surface area contributed by atoms with Gasteiger partial charge in [0.15, 0.2) is 5.43 Å². The van der Waals surface area contributed by atoms with Crippen LogP contribution < -0.4 is 15.5 Å². The van der Waals surface area contributed by atoms with E-state index < -0.39 is 0 Å². The predicted molar refractivity (Wildman–Crippen MR) is 104 cm³/mol. The first-order valence-electron chi connectivity index (χ1n) is 8.27. The molecule has 0 spiro atoms. The fourth-order valence-corrected chi connectivity index (χ4v) is 2.85. The van der Waals surface area contributed by atoms with Gasteiger partial charge < -0.3 is 14.5 Å². The molecule has 4 heteroatoms. The summed E-state index contributed by atoms with van der Waals surface area (Å²) in [5.41, 5.74) is 3.07. The van der Waals surface area contributed by atoms with Gasteiger partial charge in [-0.3, -0.25) is 4.79 Å². The minimum atomic E-state index is -0.0700. The normalized spacial score (nSPS) is 10.7. The Balaban J connectivity index is 1.71. The monoisotopic (exact) mass is 343 g/mol. The molecule has 0 unspecified atom stereocenters. The van der Waals surface area contributed by atoms with E-state index in [2.05, 4.69) is 5.32 Å².